The van der Waals surface area contributed by atoms with Crippen LogP contribution in [-0.2, 0) is 11.3 Å². The average molecular weight is 401 g/mol. The summed E-state index contributed by atoms with van der Waals surface area (Å²) in [6, 6.07) is 13.6. The summed E-state index contributed by atoms with van der Waals surface area (Å²) >= 11 is 1.25. The van der Waals surface area contributed by atoms with Crippen molar-refractivity contribution in [3.05, 3.63) is 59.9 Å². The summed E-state index contributed by atoms with van der Waals surface area (Å²) in [5.41, 5.74) is 1.41. The van der Waals surface area contributed by atoms with Gasteiger partial charge in [-0.1, -0.05) is 36.0 Å². The Morgan fingerprint density at radius 1 is 1.29 bits per heavy atom. The molecule has 3 rings (SSSR count). The number of nitrogens with zero attached hydrogens (tertiary/aromatic N) is 5. The SMILES string of the molecule is COc1ccccc1-n1nnnc1S[C@H](C)C(=O)N(C)Cc1cccc(F)c1. The topological polar surface area (TPSA) is 73.1 Å². The molecule has 0 unspecified atom stereocenters. The van der Waals surface area contributed by atoms with Crippen LogP contribution in [0.25, 0.3) is 5.69 Å². The van der Waals surface area contributed by atoms with Gasteiger partial charge in [0.25, 0.3) is 0 Å². The highest BCUT2D eigenvalue weighted by atomic mass is 32.2. The van der Waals surface area contributed by atoms with Gasteiger partial charge < -0.3 is 9.64 Å². The van der Waals surface area contributed by atoms with Crippen LogP contribution in [0.2, 0.25) is 0 Å². The zero-order valence-corrected chi connectivity index (χ0v) is 16.6. The van der Waals surface area contributed by atoms with Crippen LogP contribution in [0.3, 0.4) is 0 Å². The van der Waals surface area contributed by atoms with E-state index < -0.39 is 5.25 Å². The summed E-state index contributed by atoms with van der Waals surface area (Å²) in [7, 11) is 3.26. The van der Waals surface area contributed by atoms with Crippen LogP contribution in [0, 0.1) is 5.82 Å². The number of thioether (sulfide) groups is 1. The maximum Gasteiger partial charge on any atom is 0.235 e. The molecule has 7 nitrogen and oxygen atoms in total. The number of hydrogen-bond donors (Lipinski definition) is 0. The van der Waals surface area contributed by atoms with Crippen molar-refractivity contribution in [2.75, 3.05) is 14.2 Å². The minimum Gasteiger partial charge on any atom is -0.494 e. The molecular weight excluding hydrogens is 381 g/mol. The molecule has 0 aliphatic carbocycles. The average Bonchev–Trinajstić information content (AvgIpc) is 3.15. The van der Waals surface area contributed by atoms with Gasteiger partial charge in [-0.05, 0) is 47.2 Å². The van der Waals surface area contributed by atoms with E-state index in [1.165, 1.54) is 23.9 Å². The van der Waals surface area contributed by atoms with Crippen molar-refractivity contribution in [3.8, 4) is 11.4 Å². The third-order valence-corrected chi connectivity index (χ3v) is 5.09. The van der Waals surface area contributed by atoms with Gasteiger partial charge in [-0.15, -0.1) is 5.10 Å². The molecule has 3 aromatic rings. The van der Waals surface area contributed by atoms with Crippen LogP contribution in [-0.4, -0.2) is 50.4 Å². The van der Waals surface area contributed by atoms with Gasteiger partial charge in [-0.2, -0.15) is 4.68 Å². The fourth-order valence-corrected chi connectivity index (χ4v) is 3.63. The summed E-state index contributed by atoms with van der Waals surface area (Å²) < 4.78 is 20.3. The molecule has 0 spiro atoms. The Labute approximate surface area is 166 Å². The molecule has 0 saturated carbocycles. The molecule has 2 aromatic carbocycles. The Bertz CT molecular complexity index is 965. The summed E-state index contributed by atoms with van der Waals surface area (Å²) in [5.74, 6) is 0.194. The summed E-state index contributed by atoms with van der Waals surface area (Å²) in [6.07, 6.45) is 0. The van der Waals surface area contributed by atoms with Crippen molar-refractivity contribution in [2.45, 2.75) is 23.9 Å². The molecule has 1 heterocycles. The number of carbonyl (C=O) groups is 1. The molecule has 9 heteroatoms. The first-order chi connectivity index (χ1) is 13.5. The van der Waals surface area contributed by atoms with Gasteiger partial charge in [0, 0.05) is 13.6 Å². The quantitative estimate of drug-likeness (QED) is 0.567. The Morgan fingerprint density at radius 3 is 2.82 bits per heavy atom. The van der Waals surface area contributed by atoms with Crippen molar-refractivity contribution in [2.24, 2.45) is 0 Å². The fraction of sp³-hybridized carbons (Fsp3) is 0.263. The standard InChI is InChI=1S/C19H20FN5O2S/c1-13(18(26)24(2)12-14-7-6-8-15(20)11-14)28-19-21-22-23-25(19)16-9-4-5-10-17(16)27-3/h4-11,13H,12H2,1-3H3/t13-/m1/s1. The highest BCUT2D eigenvalue weighted by Gasteiger charge is 2.23. The minimum absolute atomic E-state index is 0.108. The molecule has 0 N–H and O–H groups in total. The summed E-state index contributed by atoms with van der Waals surface area (Å²) in [6.45, 7) is 2.11. The second-order valence-corrected chi connectivity index (χ2v) is 7.44. The lowest BCUT2D eigenvalue weighted by molar-refractivity contribution is -0.129. The van der Waals surface area contributed by atoms with E-state index in [0.29, 0.717) is 23.1 Å². The molecule has 146 valence electrons. The van der Waals surface area contributed by atoms with Gasteiger partial charge in [0.15, 0.2) is 0 Å². The van der Waals surface area contributed by atoms with Crippen LogP contribution in [0.1, 0.15) is 12.5 Å². The lowest BCUT2D eigenvalue weighted by atomic mass is 10.2. The Morgan fingerprint density at radius 2 is 2.07 bits per heavy atom. The predicted molar refractivity (Wildman–Crippen MR) is 104 cm³/mol. The van der Waals surface area contributed by atoms with Gasteiger partial charge in [-0.3, -0.25) is 4.79 Å². The van der Waals surface area contributed by atoms with E-state index in [1.54, 1.807) is 42.8 Å². The number of rotatable bonds is 7. The van der Waals surface area contributed by atoms with Crippen LogP contribution in [0.5, 0.6) is 5.75 Å². The van der Waals surface area contributed by atoms with Crippen LogP contribution in [0.4, 0.5) is 4.39 Å². The number of aromatic nitrogens is 4. The number of carbonyl (C=O) groups excluding carboxylic acids is 1. The predicted octanol–water partition coefficient (Wildman–Crippen LogP) is 2.95. The van der Waals surface area contributed by atoms with Crippen LogP contribution < -0.4 is 4.74 Å². The lowest BCUT2D eigenvalue weighted by Crippen LogP contribution is -2.33. The highest BCUT2D eigenvalue weighted by molar-refractivity contribution is 8.00. The number of methoxy groups -OCH3 is 1. The number of ether oxygens (including phenoxy) is 1. The van der Waals surface area contributed by atoms with E-state index >= 15 is 0 Å². The van der Waals surface area contributed by atoms with Gasteiger partial charge in [0.2, 0.25) is 11.1 Å². The van der Waals surface area contributed by atoms with E-state index in [0.717, 1.165) is 5.56 Å². The Hall–Kier alpha value is -2.94. The minimum atomic E-state index is -0.432. The molecule has 0 saturated heterocycles. The number of benzene rings is 2. The molecule has 1 amide bonds. The summed E-state index contributed by atoms with van der Waals surface area (Å²) in [4.78, 5) is 14.3. The molecule has 0 fully saturated rings. The molecule has 1 atom stereocenters. The van der Waals surface area contributed by atoms with Crippen molar-refractivity contribution in [3.63, 3.8) is 0 Å². The number of halogens is 1. The third kappa shape index (κ3) is 4.48. The normalized spacial score (nSPS) is 11.9. The smallest absolute Gasteiger partial charge is 0.235 e. The zero-order valence-electron chi connectivity index (χ0n) is 15.7. The van der Waals surface area contributed by atoms with Gasteiger partial charge >= 0.3 is 0 Å². The van der Waals surface area contributed by atoms with Crippen molar-refractivity contribution in [1.29, 1.82) is 0 Å². The first kappa shape index (κ1) is 19.8. The Kier molecular flexibility index (Phi) is 6.25. The molecule has 1 aromatic heterocycles. The second-order valence-electron chi connectivity index (χ2n) is 6.13. The third-order valence-electron chi connectivity index (χ3n) is 4.07. The molecule has 0 aliphatic heterocycles. The molecule has 0 radical (unpaired) electrons. The van der Waals surface area contributed by atoms with E-state index in [4.69, 9.17) is 4.74 Å². The largest absolute Gasteiger partial charge is 0.494 e. The molecule has 0 bridgehead atoms. The van der Waals surface area contributed by atoms with Gasteiger partial charge in [0.1, 0.15) is 17.3 Å². The second kappa shape index (κ2) is 8.83. The molecule has 28 heavy (non-hydrogen) atoms. The maximum atomic E-state index is 13.4. The molecular formula is C19H20FN5O2S. The monoisotopic (exact) mass is 401 g/mol. The Balaban J connectivity index is 1.72. The fourth-order valence-electron chi connectivity index (χ4n) is 2.71. The van der Waals surface area contributed by atoms with Crippen LogP contribution >= 0.6 is 11.8 Å². The van der Waals surface area contributed by atoms with Crippen molar-refractivity contribution < 1.29 is 13.9 Å². The lowest BCUT2D eigenvalue weighted by Gasteiger charge is -2.21. The first-order valence-corrected chi connectivity index (χ1v) is 9.45. The van der Waals surface area contributed by atoms with Crippen LogP contribution in [0.15, 0.2) is 53.7 Å². The van der Waals surface area contributed by atoms with E-state index in [9.17, 15) is 9.18 Å². The van der Waals surface area contributed by atoms with E-state index in [-0.39, 0.29) is 11.7 Å². The number of amides is 1. The number of tetrazole rings is 1. The van der Waals surface area contributed by atoms with Crippen molar-refractivity contribution in [1.82, 2.24) is 25.1 Å². The van der Waals surface area contributed by atoms with Crippen molar-refractivity contribution >= 4 is 17.7 Å². The molecule has 0 aliphatic rings. The number of para-hydroxylation sites is 2. The van der Waals surface area contributed by atoms with Gasteiger partial charge in [0.05, 0.1) is 12.4 Å². The maximum absolute atomic E-state index is 13.4. The van der Waals surface area contributed by atoms with Gasteiger partial charge in [-0.25, -0.2) is 4.39 Å². The first-order valence-electron chi connectivity index (χ1n) is 8.57. The summed E-state index contributed by atoms with van der Waals surface area (Å²) in [5, 5.41) is 11.8. The zero-order chi connectivity index (χ0) is 20.1. The van der Waals surface area contributed by atoms with E-state index in [1.807, 2.05) is 24.3 Å². The highest BCUT2D eigenvalue weighted by Crippen LogP contribution is 2.28. The number of hydrogen-bond acceptors (Lipinski definition) is 6. The van der Waals surface area contributed by atoms with E-state index in [2.05, 4.69) is 15.5 Å².